The van der Waals surface area contributed by atoms with E-state index in [9.17, 15) is 4.79 Å². The summed E-state index contributed by atoms with van der Waals surface area (Å²) in [6.45, 7) is 4.81. The maximum Gasteiger partial charge on any atom is 0.228 e. The summed E-state index contributed by atoms with van der Waals surface area (Å²) in [6, 6.07) is 4.11. The van der Waals surface area contributed by atoms with Crippen LogP contribution in [-0.2, 0) is 11.2 Å². The molecule has 2 rings (SSSR count). The number of nitrogens with zero attached hydrogens (tertiary/aromatic N) is 2. The molecule has 1 amide bonds. The third kappa shape index (κ3) is 3.32. The predicted octanol–water partition coefficient (Wildman–Crippen LogP) is 1.66. The minimum atomic E-state index is 0.0362. The average Bonchev–Trinajstić information content (AvgIpc) is 2.41. The van der Waals surface area contributed by atoms with Crippen LogP contribution in [0.4, 0.5) is 0 Å². The summed E-state index contributed by atoms with van der Waals surface area (Å²) < 4.78 is 0. The molecule has 2 N–H and O–H groups in total. The number of likely N-dealkylation sites (tertiary alicyclic amines) is 1. The van der Waals surface area contributed by atoms with Crippen molar-refractivity contribution in [1.82, 2.24) is 9.88 Å². The van der Waals surface area contributed by atoms with Gasteiger partial charge >= 0.3 is 0 Å². The van der Waals surface area contributed by atoms with E-state index >= 15 is 0 Å². The summed E-state index contributed by atoms with van der Waals surface area (Å²) in [6.07, 6.45) is 5.39. The SMILES string of the molecule is Cc1cccnc1CC(=O)N1CCCCC1C(C)N. The lowest BCUT2D eigenvalue weighted by molar-refractivity contribution is -0.134. The van der Waals surface area contributed by atoms with E-state index in [1.54, 1.807) is 6.20 Å². The van der Waals surface area contributed by atoms with E-state index in [1.165, 1.54) is 6.42 Å². The fourth-order valence-electron chi connectivity index (χ4n) is 2.76. The van der Waals surface area contributed by atoms with Gasteiger partial charge < -0.3 is 10.6 Å². The van der Waals surface area contributed by atoms with Crippen molar-refractivity contribution in [3.05, 3.63) is 29.6 Å². The van der Waals surface area contributed by atoms with Gasteiger partial charge in [-0.1, -0.05) is 6.07 Å². The lowest BCUT2D eigenvalue weighted by Crippen LogP contribution is -2.52. The quantitative estimate of drug-likeness (QED) is 0.900. The van der Waals surface area contributed by atoms with Gasteiger partial charge in [0.15, 0.2) is 0 Å². The Morgan fingerprint density at radius 1 is 1.58 bits per heavy atom. The van der Waals surface area contributed by atoms with Crippen LogP contribution in [0, 0.1) is 6.92 Å². The monoisotopic (exact) mass is 261 g/mol. The highest BCUT2D eigenvalue weighted by atomic mass is 16.2. The first-order valence-electron chi connectivity index (χ1n) is 7.05. The molecule has 104 valence electrons. The molecule has 1 aromatic heterocycles. The molecule has 0 saturated carbocycles. The standard InChI is InChI=1S/C15H23N3O/c1-11-6-5-8-17-13(11)10-15(19)18-9-4-3-7-14(18)12(2)16/h5-6,8,12,14H,3-4,7,9-10,16H2,1-2H3. The Labute approximate surface area is 115 Å². The number of hydrogen-bond acceptors (Lipinski definition) is 3. The number of carbonyl (C=O) groups excluding carboxylic acids is 1. The topological polar surface area (TPSA) is 59.2 Å². The van der Waals surface area contributed by atoms with Crippen LogP contribution in [0.1, 0.15) is 37.4 Å². The van der Waals surface area contributed by atoms with Crippen LogP contribution in [0.25, 0.3) is 0 Å². The Balaban J connectivity index is 2.08. The van der Waals surface area contributed by atoms with Crippen molar-refractivity contribution in [2.75, 3.05) is 6.54 Å². The molecule has 2 atom stereocenters. The molecule has 0 radical (unpaired) electrons. The highest BCUT2D eigenvalue weighted by Gasteiger charge is 2.29. The molecule has 1 aliphatic rings. The number of rotatable bonds is 3. The zero-order chi connectivity index (χ0) is 13.8. The second kappa shape index (κ2) is 6.15. The Hall–Kier alpha value is -1.42. The maximum atomic E-state index is 12.5. The highest BCUT2D eigenvalue weighted by molar-refractivity contribution is 5.79. The van der Waals surface area contributed by atoms with Gasteiger partial charge in [-0.2, -0.15) is 0 Å². The number of piperidine rings is 1. The highest BCUT2D eigenvalue weighted by Crippen LogP contribution is 2.20. The molecule has 2 unspecified atom stereocenters. The van der Waals surface area contributed by atoms with Crippen LogP contribution in [-0.4, -0.2) is 34.4 Å². The second-order valence-corrected chi connectivity index (χ2v) is 5.45. The van der Waals surface area contributed by atoms with E-state index in [-0.39, 0.29) is 18.0 Å². The summed E-state index contributed by atoms with van der Waals surface area (Å²) in [7, 11) is 0. The first-order chi connectivity index (χ1) is 9.09. The molecule has 1 aromatic rings. The number of hydrogen-bond donors (Lipinski definition) is 1. The molecule has 0 bridgehead atoms. The summed E-state index contributed by atoms with van der Waals surface area (Å²) in [4.78, 5) is 18.7. The van der Waals surface area contributed by atoms with Crippen LogP contribution >= 0.6 is 0 Å². The van der Waals surface area contributed by atoms with Crippen LogP contribution in [0.3, 0.4) is 0 Å². The second-order valence-electron chi connectivity index (χ2n) is 5.45. The molecular formula is C15H23N3O. The third-order valence-corrected chi connectivity index (χ3v) is 3.91. The van der Waals surface area contributed by atoms with E-state index in [0.717, 1.165) is 30.6 Å². The molecule has 1 fully saturated rings. The van der Waals surface area contributed by atoms with Gasteiger partial charge in [-0.05, 0) is 44.7 Å². The minimum absolute atomic E-state index is 0.0362. The first-order valence-corrected chi connectivity index (χ1v) is 7.05. The molecule has 0 aromatic carbocycles. The summed E-state index contributed by atoms with van der Waals surface area (Å²) in [5.41, 5.74) is 7.96. The van der Waals surface area contributed by atoms with Crippen molar-refractivity contribution < 1.29 is 4.79 Å². The molecule has 0 spiro atoms. The molecule has 1 saturated heterocycles. The number of carbonyl (C=O) groups is 1. The van der Waals surface area contributed by atoms with Crippen molar-refractivity contribution in [3.8, 4) is 0 Å². The van der Waals surface area contributed by atoms with Crippen LogP contribution in [0.2, 0.25) is 0 Å². The lowest BCUT2D eigenvalue weighted by atomic mass is 9.96. The van der Waals surface area contributed by atoms with Gasteiger partial charge in [-0.3, -0.25) is 9.78 Å². The van der Waals surface area contributed by atoms with Crippen LogP contribution < -0.4 is 5.73 Å². The van der Waals surface area contributed by atoms with Crippen molar-refractivity contribution in [2.24, 2.45) is 5.73 Å². The molecule has 4 heteroatoms. The molecule has 4 nitrogen and oxygen atoms in total. The van der Waals surface area contributed by atoms with E-state index < -0.39 is 0 Å². The molecular weight excluding hydrogens is 238 g/mol. The third-order valence-electron chi connectivity index (χ3n) is 3.91. The van der Waals surface area contributed by atoms with Crippen molar-refractivity contribution in [3.63, 3.8) is 0 Å². The fourth-order valence-corrected chi connectivity index (χ4v) is 2.76. The Kier molecular flexibility index (Phi) is 4.53. The largest absolute Gasteiger partial charge is 0.338 e. The normalized spacial score (nSPS) is 21.2. The van der Waals surface area contributed by atoms with Gasteiger partial charge in [0, 0.05) is 24.8 Å². The molecule has 0 aliphatic carbocycles. The van der Waals surface area contributed by atoms with Crippen LogP contribution in [0.15, 0.2) is 18.3 Å². The van der Waals surface area contributed by atoms with Crippen molar-refractivity contribution in [2.45, 2.75) is 51.6 Å². The van der Waals surface area contributed by atoms with Gasteiger partial charge in [0.1, 0.15) is 0 Å². The van der Waals surface area contributed by atoms with Crippen LogP contribution in [0.5, 0.6) is 0 Å². The number of pyridine rings is 1. The van der Waals surface area contributed by atoms with Gasteiger partial charge in [0.2, 0.25) is 5.91 Å². The smallest absolute Gasteiger partial charge is 0.228 e. The summed E-state index contributed by atoms with van der Waals surface area (Å²) >= 11 is 0. The maximum absolute atomic E-state index is 12.5. The lowest BCUT2D eigenvalue weighted by Gasteiger charge is -2.38. The van der Waals surface area contributed by atoms with Gasteiger partial charge in [0.25, 0.3) is 0 Å². The zero-order valence-corrected chi connectivity index (χ0v) is 11.8. The molecule has 1 aliphatic heterocycles. The van der Waals surface area contributed by atoms with E-state index in [1.807, 2.05) is 30.9 Å². The Morgan fingerprint density at radius 2 is 2.37 bits per heavy atom. The Morgan fingerprint density at radius 3 is 3.05 bits per heavy atom. The number of amides is 1. The van der Waals surface area contributed by atoms with E-state index in [2.05, 4.69) is 4.98 Å². The fraction of sp³-hybridized carbons (Fsp3) is 0.600. The number of aromatic nitrogens is 1. The van der Waals surface area contributed by atoms with Crippen molar-refractivity contribution in [1.29, 1.82) is 0 Å². The van der Waals surface area contributed by atoms with Crippen molar-refractivity contribution >= 4 is 5.91 Å². The summed E-state index contributed by atoms with van der Waals surface area (Å²) in [5, 5.41) is 0. The predicted molar refractivity (Wildman–Crippen MR) is 75.7 cm³/mol. The molecule has 19 heavy (non-hydrogen) atoms. The average molecular weight is 261 g/mol. The first kappa shape index (κ1) is 14.0. The van der Waals surface area contributed by atoms with Gasteiger partial charge in [-0.25, -0.2) is 0 Å². The van der Waals surface area contributed by atoms with Gasteiger partial charge in [-0.15, -0.1) is 0 Å². The van der Waals surface area contributed by atoms with E-state index in [4.69, 9.17) is 5.73 Å². The van der Waals surface area contributed by atoms with E-state index in [0.29, 0.717) is 6.42 Å². The molecule has 2 heterocycles. The number of aryl methyl sites for hydroxylation is 1. The van der Waals surface area contributed by atoms with Gasteiger partial charge in [0.05, 0.1) is 12.1 Å². The zero-order valence-electron chi connectivity index (χ0n) is 11.8. The Bertz CT molecular complexity index is 445. The summed E-state index contributed by atoms with van der Waals surface area (Å²) in [5.74, 6) is 0.156. The minimum Gasteiger partial charge on any atom is -0.338 e. The number of nitrogens with two attached hydrogens (primary N) is 1.